The maximum absolute atomic E-state index is 13.9. The molecule has 0 saturated heterocycles. The first-order valence-electron chi connectivity index (χ1n) is 11.4. The van der Waals surface area contributed by atoms with Gasteiger partial charge in [-0.3, -0.25) is 10.1 Å². The SMILES string of the molecule is CC(C)Nc1cncc(-c2cnc3n[nH]c(-c4cc5c(-c6cccc(F)c6)ccnc5[nH]4)c3c2)c1. The van der Waals surface area contributed by atoms with Gasteiger partial charge in [0.15, 0.2) is 5.65 Å². The molecule has 8 heteroatoms. The normalized spacial score (nSPS) is 11.5. The second-order valence-electron chi connectivity index (χ2n) is 8.77. The molecular weight excluding hydrogens is 441 g/mol. The Bertz CT molecular complexity index is 1680. The lowest BCUT2D eigenvalue weighted by Crippen LogP contribution is -2.09. The largest absolute Gasteiger partial charge is 0.382 e. The Morgan fingerprint density at radius 2 is 1.77 bits per heavy atom. The summed E-state index contributed by atoms with van der Waals surface area (Å²) < 4.78 is 13.9. The summed E-state index contributed by atoms with van der Waals surface area (Å²) in [6.07, 6.45) is 7.16. The van der Waals surface area contributed by atoms with E-state index in [2.05, 4.69) is 61.4 Å². The van der Waals surface area contributed by atoms with Gasteiger partial charge in [0.2, 0.25) is 0 Å². The van der Waals surface area contributed by atoms with Crippen molar-refractivity contribution in [2.75, 3.05) is 5.32 Å². The second-order valence-corrected chi connectivity index (χ2v) is 8.77. The molecule has 5 heterocycles. The number of aromatic amines is 2. The highest BCUT2D eigenvalue weighted by molar-refractivity contribution is 5.99. The van der Waals surface area contributed by atoms with Crippen LogP contribution in [0.4, 0.5) is 10.1 Å². The zero-order valence-corrected chi connectivity index (χ0v) is 19.2. The molecule has 0 fully saturated rings. The fourth-order valence-corrected chi connectivity index (χ4v) is 4.34. The molecule has 0 aliphatic carbocycles. The number of hydrogen-bond acceptors (Lipinski definition) is 5. The lowest BCUT2D eigenvalue weighted by atomic mass is 10.0. The average Bonchev–Trinajstić information content (AvgIpc) is 3.47. The molecule has 0 aliphatic heterocycles. The number of pyridine rings is 3. The smallest absolute Gasteiger partial charge is 0.181 e. The van der Waals surface area contributed by atoms with Crippen LogP contribution in [0.1, 0.15) is 13.8 Å². The molecule has 0 bridgehead atoms. The van der Waals surface area contributed by atoms with Crippen LogP contribution in [-0.2, 0) is 0 Å². The topological polar surface area (TPSA) is 95.2 Å². The van der Waals surface area contributed by atoms with Crippen LogP contribution in [0.3, 0.4) is 0 Å². The van der Waals surface area contributed by atoms with Crippen molar-refractivity contribution in [2.45, 2.75) is 19.9 Å². The second kappa shape index (κ2) is 8.32. The fraction of sp³-hybridized carbons (Fsp3) is 0.111. The number of nitrogens with zero attached hydrogens (tertiary/aromatic N) is 4. The maximum Gasteiger partial charge on any atom is 0.181 e. The molecule has 1 aromatic carbocycles. The van der Waals surface area contributed by atoms with Crippen molar-refractivity contribution in [2.24, 2.45) is 0 Å². The van der Waals surface area contributed by atoms with E-state index in [0.29, 0.717) is 17.3 Å². The molecule has 7 nitrogen and oxygen atoms in total. The Balaban J connectivity index is 1.45. The van der Waals surface area contributed by atoms with Gasteiger partial charge >= 0.3 is 0 Å². The van der Waals surface area contributed by atoms with Gasteiger partial charge in [0.1, 0.15) is 11.5 Å². The van der Waals surface area contributed by atoms with Crippen molar-refractivity contribution in [1.29, 1.82) is 0 Å². The highest BCUT2D eigenvalue weighted by Crippen LogP contribution is 2.34. The molecule has 6 aromatic rings. The molecule has 172 valence electrons. The van der Waals surface area contributed by atoms with Crippen LogP contribution in [0.15, 0.2) is 73.3 Å². The number of anilines is 1. The van der Waals surface area contributed by atoms with Crippen molar-refractivity contribution < 1.29 is 4.39 Å². The Kier molecular flexibility index (Phi) is 4.99. The van der Waals surface area contributed by atoms with Gasteiger partial charge in [0.25, 0.3) is 0 Å². The number of rotatable bonds is 5. The molecule has 0 radical (unpaired) electrons. The van der Waals surface area contributed by atoms with E-state index in [-0.39, 0.29) is 5.82 Å². The molecule has 0 atom stereocenters. The van der Waals surface area contributed by atoms with Crippen molar-refractivity contribution in [3.63, 3.8) is 0 Å². The number of halogens is 1. The summed E-state index contributed by atoms with van der Waals surface area (Å²) in [4.78, 5) is 16.8. The summed E-state index contributed by atoms with van der Waals surface area (Å²) in [5, 5.41) is 12.7. The molecule has 6 rings (SSSR count). The number of hydrogen-bond donors (Lipinski definition) is 3. The van der Waals surface area contributed by atoms with Crippen LogP contribution in [0.5, 0.6) is 0 Å². The Morgan fingerprint density at radius 1 is 0.886 bits per heavy atom. The molecule has 3 N–H and O–H groups in total. The zero-order valence-electron chi connectivity index (χ0n) is 19.2. The molecule has 0 aliphatic rings. The Hall–Kier alpha value is -4.59. The summed E-state index contributed by atoms with van der Waals surface area (Å²) in [5.74, 6) is -0.274. The highest BCUT2D eigenvalue weighted by atomic mass is 19.1. The predicted molar refractivity (Wildman–Crippen MR) is 136 cm³/mol. The highest BCUT2D eigenvalue weighted by Gasteiger charge is 2.15. The molecule has 0 saturated carbocycles. The number of fused-ring (bicyclic) bond motifs is 2. The minimum Gasteiger partial charge on any atom is -0.382 e. The summed E-state index contributed by atoms with van der Waals surface area (Å²) in [7, 11) is 0. The van der Waals surface area contributed by atoms with Crippen molar-refractivity contribution in [3.8, 4) is 33.6 Å². The lowest BCUT2D eigenvalue weighted by Gasteiger charge is -2.10. The number of nitrogens with one attached hydrogen (secondary N) is 3. The van der Waals surface area contributed by atoms with Crippen molar-refractivity contribution in [1.82, 2.24) is 30.1 Å². The monoisotopic (exact) mass is 463 g/mol. The van der Waals surface area contributed by atoms with Gasteiger partial charge in [-0.2, -0.15) is 5.10 Å². The minimum atomic E-state index is -0.274. The predicted octanol–water partition coefficient (Wildman–Crippen LogP) is 6.19. The number of aromatic nitrogens is 6. The first-order valence-corrected chi connectivity index (χ1v) is 11.4. The molecule has 5 aromatic heterocycles. The van der Waals surface area contributed by atoms with E-state index in [1.165, 1.54) is 12.1 Å². The summed E-state index contributed by atoms with van der Waals surface area (Å²) in [5.41, 5.74) is 7.52. The van der Waals surface area contributed by atoms with Gasteiger partial charge in [0.05, 0.1) is 17.1 Å². The van der Waals surface area contributed by atoms with Crippen LogP contribution in [0.25, 0.3) is 55.7 Å². The average molecular weight is 464 g/mol. The first-order chi connectivity index (χ1) is 17.0. The summed E-state index contributed by atoms with van der Waals surface area (Å²) in [6, 6.07) is 14.9. The molecule has 0 amide bonds. The third kappa shape index (κ3) is 3.89. The minimum absolute atomic E-state index is 0.274. The Morgan fingerprint density at radius 3 is 2.63 bits per heavy atom. The maximum atomic E-state index is 13.9. The van der Waals surface area contributed by atoms with Gasteiger partial charge in [-0.25, -0.2) is 14.4 Å². The summed E-state index contributed by atoms with van der Waals surface area (Å²) in [6.45, 7) is 4.18. The molecule has 35 heavy (non-hydrogen) atoms. The Labute approximate surface area is 200 Å². The zero-order chi connectivity index (χ0) is 23.9. The quantitative estimate of drug-likeness (QED) is 0.283. The number of benzene rings is 1. The van der Waals surface area contributed by atoms with Crippen LogP contribution in [0, 0.1) is 5.82 Å². The number of H-pyrrole nitrogens is 2. The van der Waals surface area contributed by atoms with E-state index >= 15 is 0 Å². The van der Waals surface area contributed by atoms with E-state index in [0.717, 1.165) is 50.1 Å². The van der Waals surface area contributed by atoms with Crippen LogP contribution in [0.2, 0.25) is 0 Å². The first kappa shape index (κ1) is 21.0. The van der Waals surface area contributed by atoms with Crippen molar-refractivity contribution >= 4 is 27.8 Å². The third-order valence-electron chi connectivity index (χ3n) is 5.87. The molecule has 0 spiro atoms. The van der Waals surface area contributed by atoms with Crippen molar-refractivity contribution in [3.05, 3.63) is 79.1 Å². The standard InChI is InChI=1S/C27H22FN7/c1-15(2)32-20-9-17(12-29-14-20)18-10-23-25(34-35-27(23)31-13-18)24-11-22-21(6-7-30-26(22)33-24)16-4-3-5-19(28)8-16/h3-15,32H,1-2H3,(H,30,33)(H,31,34,35). The van der Waals surface area contributed by atoms with E-state index in [1.807, 2.05) is 30.6 Å². The van der Waals surface area contributed by atoms with Crippen LogP contribution < -0.4 is 5.32 Å². The fourth-order valence-electron chi connectivity index (χ4n) is 4.34. The van der Waals surface area contributed by atoms with Gasteiger partial charge in [-0.15, -0.1) is 0 Å². The van der Waals surface area contributed by atoms with E-state index in [9.17, 15) is 4.39 Å². The van der Waals surface area contributed by atoms with E-state index < -0.39 is 0 Å². The van der Waals surface area contributed by atoms with Crippen LogP contribution >= 0.6 is 0 Å². The summed E-state index contributed by atoms with van der Waals surface area (Å²) >= 11 is 0. The molecule has 0 unspecified atom stereocenters. The van der Waals surface area contributed by atoms with Gasteiger partial charge in [-0.1, -0.05) is 12.1 Å². The van der Waals surface area contributed by atoms with Gasteiger partial charge < -0.3 is 10.3 Å². The van der Waals surface area contributed by atoms with E-state index in [4.69, 9.17) is 0 Å². The van der Waals surface area contributed by atoms with Crippen LogP contribution in [-0.4, -0.2) is 36.2 Å². The van der Waals surface area contributed by atoms with E-state index in [1.54, 1.807) is 18.5 Å². The van der Waals surface area contributed by atoms with Gasteiger partial charge in [0, 0.05) is 52.7 Å². The van der Waals surface area contributed by atoms with Gasteiger partial charge in [-0.05, 0) is 61.4 Å². The third-order valence-corrected chi connectivity index (χ3v) is 5.87. The molecular formula is C27H22FN7. The lowest BCUT2D eigenvalue weighted by molar-refractivity contribution is 0.628.